The fraction of sp³-hybridized carbons (Fsp3) is 0.500. The average molecular weight is 288 g/mol. The lowest BCUT2D eigenvalue weighted by Gasteiger charge is -2.10. The van der Waals surface area contributed by atoms with Gasteiger partial charge < -0.3 is 15.2 Å². The van der Waals surface area contributed by atoms with E-state index in [1.165, 1.54) is 11.1 Å². The van der Waals surface area contributed by atoms with Crippen molar-refractivity contribution < 1.29 is 4.79 Å². The first kappa shape index (κ1) is 15.4. The molecule has 0 aliphatic carbocycles. The standard InChI is InChI=1S/C16H24N4O/c1-5-7-18-15(21)10-20-14-9-12(4)11(3)8-13(14)19-16(20)17-6-2/h8-9H,5-7,10H2,1-4H3,(H,17,19)(H,18,21). The molecule has 2 N–H and O–H groups in total. The van der Waals surface area contributed by atoms with E-state index in [-0.39, 0.29) is 5.91 Å². The van der Waals surface area contributed by atoms with Crippen molar-refractivity contribution in [3.63, 3.8) is 0 Å². The second-order valence-corrected chi connectivity index (χ2v) is 5.33. The predicted octanol–water partition coefficient (Wildman–Crippen LogP) is 2.61. The Morgan fingerprint density at radius 2 is 1.95 bits per heavy atom. The van der Waals surface area contributed by atoms with Crippen LogP contribution in [0.25, 0.3) is 11.0 Å². The molecule has 0 spiro atoms. The highest BCUT2D eigenvalue weighted by Gasteiger charge is 2.14. The molecule has 0 unspecified atom stereocenters. The Bertz CT molecular complexity index is 645. The van der Waals surface area contributed by atoms with Crippen LogP contribution in [-0.4, -0.2) is 28.5 Å². The maximum absolute atomic E-state index is 12.0. The summed E-state index contributed by atoms with van der Waals surface area (Å²) in [5, 5.41) is 6.15. The zero-order chi connectivity index (χ0) is 15.4. The summed E-state index contributed by atoms with van der Waals surface area (Å²) in [5.74, 6) is 0.776. The Labute approximate surface area is 125 Å². The minimum Gasteiger partial charge on any atom is -0.356 e. The SMILES string of the molecule is CCCNC(=O)Cn1c(NCC)nc2cc(C)c(C)cc21. The van der Waals surface area contributed by atoms with Gasteiger partial charge in [-0.15, -0.1) is 0 Å². The Morgan fingerprint density at radius 1 is 1.24 bits per heavy atom. The Balaban J connectivity index is 2.40. The van der Waals surface area contributed by atoms with Crippen LogP contribution in [0.3, 0.4) is 0 Å². The zero-order valence-electron chi connectivity index (χ0n) is 13.3. The van der Waals surface area contributed by atoms with Crippen molar-refractivity contribution in [3.05, 3.63) is 23.3 Å². The minimum atomic E-state index is 0.0218. The largest absolute Gasteiger partial charge is 0.356 e. The van der Waals surface area contributed by atoms with Gasteiger partial charge >= 0.3 is 0 Å². The maximum atomic E-state index is 12.0. The van der Waals surface area contributed by atoms with Crippen LogP contribution in [0.5, 0.6) is 0 Å². The van der Waals surface area contributed by atoms with Gasteiger partial charge in [0, 0.05) is 13.1 Å². The van der Waals surface area contributed by atoms with Gasteiger partial charge in [-0.05, 0) is 50.5 Å². The van der Waals surface area contributed by atoms with Gasteiger partial charge in [0.15, 0.2) is 0 Å². The number of hydrogen-bond donors (Lipinski definition) is 2. The maximum Gasteiger partial charge on any atom is 0.240 e. The number of carbonyl (C=O) groups excluding carboxylic acids is 1. The van der Waals surface area contributed by atoms with Gasteiger partial charge in [-0.3, -0.25) is 4.79 Å². The van der Waals surface area contributed by atoms with Gasteiger partial charge in [0.1, 0.15) is 6.54 Å². The molecule has 0 aliphatic heterocycles. The molecular weight excluding hydrogens is 264 g/mol. The van der Waals surface area contributed by atoms with Gasteiger partial charge in [-0.2, -0.15) is 0 Å². The fourth-order valence-corrected chi connectivity index (χ4v) is 2.30. The van der Waals surface area contributed by atoms with E-state index < -0.39 is 0 Å². The third-order valence-electron chi connectivity index (χ3n) is 3.57. The molecule has 1 aromatic carbocycles. The van der Waals surface area contributed by atoms with E-state index in [1.54, 1.807) is 0 Å². The molecule has 0 saturated carbocycles. The summed E-state index contributed by atoms with van der Waals surface area (Å²) in [5.41, 5.74) is 4.35. The van der Waals surface area contributed by atoms with E-state index in [1.807, 2.05) is 18.4 Å². The Morgan fingerprint density at radius 3 is 2.62 bits per heavy atom. The highest BCUT2D eigenvalue weighted by Crippen LogP contribution is 2.23. The molecule has 1 amide bonds. The van der Waals surface area contributed by atoms with E-state index in [0.717, 1.165) is 29.9 Å². The molecule has 0 atom stereocenters. The topological polar surface area (TPSA) is 59.0 Å². The first-order chi connectivity index (χ1) is 10.1. The number of rotatable bonds is 6. The Kier molecular flexibility index (Phi) is 4.83. The summed E-state index contributed by atoms with van der Waals surface area (Å²) in [4.78, 5) is 16.6. The van der Waals surface area contributed by atoms with E-state index in [0.29, 0.717) is 13.1 Å². The summed E-state index contributed by atoms with van der Waals surface area (Å²) < 4.78 is 1.95. The molecule has 2 rings (SSSR count). The number of anilines is 1. The highest BCUT2D eigenvalue weighted by molar-refractivity contribution is 5.84. The van der Waals surface area contributed by atoms with E-state index in [4.69, 9.17) is 0 Å². The molecule has 1 heterocycles. The van der Waals surface area contributed by atoms with Gasteiger partial charge in [-0.25, -0.2) is 4.98 Å². The second kappa shape index (κ2) is 6.61. The molecule has 0 radical (unpaired) electrons. The highest BCUT2D eigenvalue weighted by atomic mass is 16.1. The summed E-state index contributed by atoms with van der Waals surface area (Å²) in [6, 6.07) is 4.18. The molecule has 0 aliphatic rings. The van der Waals surface area contributed by atoms with Gasteiger partial charge in [-0.1, -0.05) is 6.92 Å². The van der Waals surface area contributed by atoms with E-state index in [9.17, 15) is 4.79 Å². The van der Waals surface area contributed by atoms with E-state index in [2.05, 4.69) is 41.6 Å². The predicted molar refractivity (Wildman–Crippen MR) is 86.7 cm³/mol. The molecule has 21 heavy (non-hydrogen) atoms. The summed E-state index contributed by atoms with van der Waals surface area (Å²) in [6.45, 7) is 10.0. The van der Waals surface area contributed by atoms with Crippen LogP contribution in [0.15, 0.2) is 12.1 Å². The Hall–Kier alpha value is -2.04. The van der Waals surface area contributed by atoms with Crippen LogP contribution in [0.4, 0.5) is 5.95 Å². The number of aromatic nitrogens is 2. The number of carbonyl (C=O) groups is 1. The molecule has 5 heteroatoms. The molecule has 2 aromatic rings. The third kappa shape index (κ3) is 3.35. The molecule has 1 aromatic heterocycles. The molecule has 5 nitrogen and oxygen atoms in total. The molecule has 0 fully saturated rings. The zero-order valence-corrected chi connectivity index (χ0v) is 13.3. The molecule has 0 bridgehead atoms. The lowest BCUT2D eigenvalue weighted by molar-refractivity contribution is -0.121. The quantitative estimate of drug-likeness (QED) is 0.859. The summed E-state index contributed by atoms with van der Waals surface area (Å²) >= 11 is 0. The van der Waals surface area contributed by atoms with Gasteiger partial charge in [0.25, 0.3) is 0 Å². The molecule has 114 valence electrons. The van der Waals surface area contributed by atoms with Crippen LogP contribution < -0.4 is 10.6 Å². The van der Waals surface area contributed by atoms with Gasteiger partial charge in [0.2, 0.25) is 11.9 Å². The lowest BCUT2D eigenvalue weighted by Crippen LogP contribution is -2.28. The van der Waals surface area contributed by atoms with Crippen molar-refractivity contribution in [1.29, 1.82) is 0 Å². The van der Waals surface area contributed by atoms with Crippen molar-refractivity contribution in [1.82, 2.24) is 14.9 Å². The van der Waals surface area contributed by atoms with Crippen molar-refractivity contribution in [2.75, 3.05) is 18.4 Å². The number of nitrogens with one attached hydrogen (secondary N) is 2. The summed E-state index contributed by atoms with van der Waals surface area (Å²) in [6.07, 6.45) is 0.939. The number of aryl methyl sites for hydroxylation is 2. The van der Waals surface area contributed by atoms with Crippen LogP contribution in [0, 0.1) is 13.8 Å². The summed E-state index contributed by atoms with van der Waals surface area (Å²) in [7, 11) is 0. The van der Waals surface area contributed by atoms with Crippen molar-refractivity contribution >= 4 is 22.9 Å². The third-order valence-corrected chi connectivity index (χ3v) is 3.57. The first-order valence-corrected chi connectivity index (χ1v) is 7.54. The van der Waals surface area contributed by atoms with Crippen LogP contribution >= 0.6 is 0 Å². The fourth-order valence-electron chi connectivity index (χ4n) is 2.30. The minimum absolute atomic E-state index is 0.0218. The number of nitrogens with zero attached hydrogens (tertiary/aromatic N) is 2. The van der Waals surface area contributed by atoms with Crippen LogP contribution in [0.2, 0.25) is 0 Å². The number of fused-ring (bicyclic) bond motifs is 1. The lowest BCUT2D eigenvalue weighted by atomic mass is 10.1. The van der Waals surface area contributed by atoms with Crippen LogP contribution in [0.1, 0.15) is 31.4 Å². The second-order valence-electron chi connectivity index (χ2n) is 5.33. The average Bonchev–Trinajstić information content (AvgIpc) is 2.75. The first-order valence-electron chi connectivity index (χ1n) is 7.54. The van der Waals surface area contributed by atoms with Crippen molar-refractivity contribution in [2.45, 2.75) is 40.7 Å². The molecule has 0 saturated heterocycles. The van der Waals surface area contributed by atoms with Crippen molar-refractivity contribution in [3.8, 4) is 0 Å². The smallest absolute Gasteiger partial charge is 0.240 e. The number of benzene rings is 1. The van der Waals surface area contributed by atoms with E-state index >= 15 is 0 Å². The normalized spacial score (nSPS) is 10.9. The monoisotopic (exact) mass is 288 g/mol. The van der Waals surface area contributed by atoms with Crippen LogP contribution in [-0.2, 0) is 11.3 Å². The molecular formula is C16H24N4O. The number of imidazole rings is 1. The van der Waals surface area contributed by atoms with Crippen molar-refractivity contribution in [2.24, 2.45) is 0 Å². The number of hydrogen-bond acceptors (Lipinski definition) is 3. The number of amides is 1. The van der Waals surface area contributed by atoms with Gasteiger partial charge in [0.05, 0.1) is 11.0 Å².